The van der Waals surface area contributed by atoms with Gasteiger partial charge in [0, 0.05) is 31.4 Å². The highest BCUT2D eigenvalue weighted by atomic mass is 32.2. The van der Waals surface area contributed by atoms with Crippen molar-refractivity contribution in [1.82, 2.24) is 9.97 Å². The lowest BCUT2D eigenvalue weighted by molar-refractivity contribution is 0.463. The molecule has 1 aromatic heterocycles. The molecule has 0 unspecified atom stereocenters. The van der Waals surface area contributed by atoms with E-state index in [4.69, 9.17) is 11.5 Å². The second kappa shape index (κ2) is 10.0. The van der Waals surface area contributed by atoms with Gasteiger partial charge < -0.3 is 26.2 Å². The number of hydrogen-bond acceptors (Lipinski definition) is 11. The molecule has 32 heavy (non-hydrogen) atoms. The molecule has 0 fully saturated rings. The van der Waals surface area contributed by atoms with Gasteiger partial charge in [0.15, 0.2) is 0 Å². The summed E-state index contributed by atoms with van der Waals surface area (Å²) in [5.41, 5.74) is 13.4. The van der Waals surface area contributed by atoms with Crippen LogP contribution >= 0.6 is 0 Å². The molecule has 0 aliphatic carbocycles. The molecule has 0 aliphatic heterocycles. The van der Waals surface area contributed by atoms with E-state index in [-0.39, 0.29) is 10.8 Å². The van der Waals surface area contributed by atoms with Gasteiger partial charge in [0.1, 0.15) is 21.8 Å². The Balaban J connectivity index is 1.58. The average Bonchev–Trinajstić information content (AvgIpc) is 2.75. The third kappa shape index (κ3) is 6.36. The topological polar surface area (TPSA) is 175 Å². The number of azo groups is 1. The number of rotatable bonds is 9. The molecular formula is C20H23N8O3S-. The van der Waals surface area contributed by atoms with Crippen molar-refractivity contribution in [3.8, 4) is 0 Å². The predicted octanol–water partition coefficient (Wildman–Crippen LogP) is 2.90. The zero-order valence-corrected chi connectivity index (χ0v) is 18.2. The lowest BCUT2D eigenvalue weighted by Crippen LogP contribution is -2.28. The molecule has 0 amide bonds. The maximum absolute atomic E-state index is 11.0. The van der Waals surface area contributed by atoms with Crippen LogP contribution in [0.15, 0.2) is 69.7 Å². The van der Waals surface area contributed by atoms with E-state index in [0.717, 1.165) is 18.8 Å². The lowest BCUT2D eigenvalue weighted by Gasteiger charge is -2.23. The zero-order chi connectivity index (χ0) is 23.1. The second-order valence-corrected chi connectivity index (χ2v) is 8.09. The van der Waals surface area contributed by atoms with E-state index < -0.39 is 10.1 Å². The van der Waals surface area contributed by atoms with Crippen LogP contribution in [-0.2, 0) is 10.1 Å². The number of nitrogens with one attached hydrogen (secondary N) is 1. The molecule has 0 radical (unpaired) electrons. The van der Waals surface area contributed by atoms with Gasteiger partial charge in [-0.15, -0.1) is 0 Å². The molecular weight excluding hydrogens is 432 g/mol. The van der Waals surface area contributed by atoms with Crippen LogP contribution in [-0.4, -0.2) is 42.6 Å². The molecule has 0 bridgehead atoms. The van der Waals surface area contributed by atoms with Gasteiger partial charge >= 0.3 is 0 Å². The fourth-order valence-corrected chi connectivity index (χ4v) is 3.36. The average molecular weight is 456 g/mol. The summed E-state index contributed by atoms with van der Waals surface area (Å²) < 4.78 is 32.9. The molecule has 3 rings (SSSR count). The van der Waals surface area contributed by atoms with E-state index in [1.54, 1.807) is 6.07 Å². The molecule has 11 nitrogen and oxygen atoms in total. The van der Waals surface area contributed by atoms with Gasteiger partial charge in [0.2, 0.25) is 5.95 Å². The van der Waals surface area contributed by atoms with E-state index in [0.29, 0.717) is 29.6 Å². The third-order valence-electron chi connectivity index (χ3n) is 4.45. The van der Waals surface area contributed by atoms with E-state index in [2.05, 4.69) is 37.3 Å². The summed E-state index contributed by atoms with van der Waals surface area (Å²) in [5.74, 6) is 1.00. The molecule has 0 saturated heterocycles. The highest BCUT2D eigenvalue weighted by Gasteiger charge is 2.06. The first kappa shape index (κ1) is 22.9. The SMILES string of the molecule is CCN(CCNc1cc(N)nc(N)n1)c1ccc(N=Nc2ccc(S(=O)(=O)[O-])cc2)cc1. The molecule has 0 atom stereocenters. The third-order valence-corrected chi connectivity index (χ3v) is 5.30. The molecule has 0 saturated carbocycles. The number of nitrogens with two attached hydrogens (primary N) is 2. The zero-order valence-electron chi connectivity index (χ0n) is 17.3. The molecule has 5 N–H and O–H groups in total. The second-order valence-electron chi connectivity index (χ2n) is 6.71. The van der Waals surface area contributed by atoms with Crippen molar-refractivity contribution in [2.75, 3.05) is 41.3 Å². The number of aromatic nitrogens is 2. The standard InChI is InChI=1S/C20H24N8O3S/c1-2-28(12-11-23-19-13-18(21)24-20(22)25-19)16-7-3-14(4-8-16)26-27-15-5-9-17(10-6-15)32(29,30)31/h3-10,13H,2,11-12H2,1H3,(H,29,30,31)(H5,21,22,23,24,25)/p-1. The fraction of sp³-hybridized carbons (Fsp3) is 0.200. The van der Waals surface area contributed by atoms with Crippen molar-refractivity contribution in [2.24, 2.45) is 10.2 Å². The van der Waals surface area contributed by atoms with Gasteiger partial charge in [-0.1, -0.05) is 0 Å². The molecule has 168 valence electrons. The smallest absolute Gasteiger partial charge is 0.223 e. The number of anilines is 4. The minimum Gasteiger partial charge on any atom is -0.744 e. The molecule has 12 heteroatoms. The van der Waals surface area contributed by atoms with E-state index in [1.807, 2.05) is 24.3 Å². The van der Waals surface area contributed by atoms with Crippen LogP contribution in [0.2, 0.25) is 0 Å². The normalized spacial score (nSPS) is 11.6. The van der Waals surface area contributed by atoms with Crippen LogP contribution in [0.5, 0.6) is 0 Å². The van der Waals surface area contributed by atoms with Crippen molar-refractivity contribution in [1.29, 1.82) is 0 Å². The Morgan fingerprint density at radius 3 is 2.12 bits per heavy atom. The molecule has 0 spiro atoms. The van der Waals surface area contributed by atoms with E-state index >= 15 is 0 Å². The van der Waals surface area contributed by atoms with Gasteiger partial charge in [-0.25, -0.2) is 8.42 Å². The monoisotopic (exact) mass is 455 g/mol. The number of likely N-dealkylation sites (N-methyl/N-ethyl adjacent to an activating group) is 1. The first-order valence-electron chi connectivity index (χ1n) is 9.71. The van der Waals surface area contributed by atoms with Crippen molar-refractivity contribution >= 4 is 44.8 Å². The van der Waals surface area contributed by atoms with Crippen molar-refractivity contribution in [2.45, 2.75) is 11.8 Å². The molecule has 3 aromatic rings. The quantitative estimate of drug-likeness (QED) is 0.323. The van der Waals surface area contributed by atoms with Gasteiger partial charge in [-0.2, -0.15) is 20.2 Å². The van der Waals surface area contributed by atoms with Crippen LogP contribution in [0.4, 0.5) is 34.6 Å². The van der Waals surface area contributed by atoms with Crippen LogP contribution in [0.3, 0.4) is 0 Å². The number of nitrogen functional groups attached to an aromatic ring is 2. The van der Waals surface area contributed by atoms with Gasteiger partial charge in [-0.05, 0) is 55.5 Å². The Morgan fingerprint density at radius 2 is 1.59 bits per heavy atom. The maximum Gasteiger partial charge on any atom is 0.223 e. The van der Waals surface area contributed by atoms with Crippen molar-refractivity contribution in [3.05, 3.63) is 54.6 Å². The predicted molar refractivity (Wildman–Crippen MR) is 122 cm³/mol. The largest absolute Gasteiger partial charge is 0.744 e. The number of nitrogens with zero attached hydrogens (tertiary/aromatic N) is 5. The summed E-state index contributed by atoms with van der Waals surface area (Å²) in [4.78, 5) is 9.80. The fourth-order valence-electron chi connectivity index (χ4n) is 2.89. The highest BCUT2D eigenvalue weighted by molar-refractivity contribution is 7.85. The molecule has 1 heterocycles. The summed E-state index contributed by atoms with van der Waals surface area (Å²) >= 11 is 0. The van der Waals surface area contributed by atoms with Crippen molar-refractivity contribution < 1.29 is 13.0 Å². The molecule has 0 aliphatic rings. The van der Waals surface area contributed by atoms with Crippen LogP contribution in [0, 0.1) is 0 Å². The Morgan fingerprint density at radius 1 is 1.00 bits per heavy atom. The van der Waals surface area contributed by atoms with Gasteiger partial charge in [-0.3, -0.25) is 0 Å². The van der Waals surface area contributed by atoms with E-state index in [9.17, 15) is 13.0 Å². The Bertz CT molecular complexity index is 1160. The number of benzene rings is 2. The first-order valence-corrected chi connectivity index (χ1v) is 11.1. The highest BCUT2D eigenvalue weighted by Crippen LogP contribution is 2.23. The van der Waals surface area contributed by atoms with Gasteiger partial charge in [0.25, 0.3) is 0 Å². The summed E-state index contributed by atoms with van der Waals surface area (Å²) in [6, 6.07) is 14.4. The molecule has 2 aromatic carbocycles. The van der Waals surface area contributed by atoms with Crippen LogP contribution in [0.1, 0.15) is 6.92 Å². The van der Waals surface area contributed by atoms with E-state index in [1.165, 1.54) is 24.3 Å². The van der Waals surface area contributed by atoms with Crippen molar-refractivity contribution in [3.63, 3.8) is 0 Å². The Labute approximate surface area is 186 Å². The minimum atomic E-state index is -4.48. The van der Waals surface area contributed by atoms with Gasteiger partial charge in [0.05, 0.1) is 16.3 Å². The Hall–Kier alpha value is -3.77. The number of hydrogen-bond donors (Lipinski definition) is 3. The lowest BCUT2D eigenvalue weighted by atomic mass is 10.2. The van der Waals surface area contributed by atoms with Crippen LogP contribution < -0.4 is 21.7 Å². The minimum absolute atomic E-state index is 0.121. The maximum atomic E-state index is 11.0. The first-order chi connectivity index (χ1) is 15.2. The van der Waals surface area contributed by atoms with Crippen LogP contribution in [0.25, 0.3) is 0 Å². The Kier molecular flexibility index (Phi) is 7.18. The summed E-state index contributed by atoms with van der Waals surface area (Å²) in [6.45, 7) is 4.20. The summed E-state index contributed by atoms with van der Waals surface area (Å²) in [7, 11) is -4.48. The summed E-state index contributed by atoms with van der Waals surface area (Å²) in [6.07, 6.45) is 0. The summed E-state index contributed by atoms with van der Waals surface area (Å²) in [5, 5.41) is 11.4.